The maximum absolute atomic E-state index is 11.7. The molecule has 2 rings (SSSR count). The molecule has 2 heteroatoms. The minimum absolute atomic E-state index is 0.249. The van der Waals surface area contributed by atoms with Crippen molar-refractivity contribution in [1.82, 2.24) is 0 Å². The Bertz CT molecular complexity index is 515. The predicted molar refractivity (Wildman–Crippen MR) is 75.9 cm³/mol. The molecular formula is C17H17O2. The number of benzene rings is 2. The fraction of sp³-hybridized carbons (Fsp3) is 0.235. The molecule has 0 aliphatic heterocycles. The number of esters is 1. The van der Waals surface area contributed by atoms with Gasteiger partial charge in [-0.15, -0.1) is 0 Å². The summed E-state index contributed by atoms with van der Waals surface area (Å²) in [5, 5.41) is 0. The van der Waals surface area contributed by atoms with Gasteiger partial charge in [-0.1, -0.05) is 49.7 Å². The van der Waals surface area contributed by atoms with Gasteiger partial charge in [0.05, 0.1) is 12.2 Å². The van der Waals surface area contributed by atoms with Gasteiger partial charge >= 0.3 is 5.97 Å². The number of hydrogen-bond acceptors (Lipinski definition) is 2. The first kappa shape index (κ1) is 13.3. The third kappa shape index (κ3) is 3.68. The number of unbranched alkanes of at least 4 members (excludes halogenated alkanes) is 1. The Morgan fingerprint density at radius 2 is 1.68 bits per heavy atom. The fourth-order valence-electron chi connectivity index (χ4n) is 1.77. The van der Waals surface area contributed by atoms with Gasteiger partial charge < -0.3 is 4.74 Å². The lowest BCUT2D eigenvalue weighted by Gasteiger charge is -2.05. The molecule has 97 valence electrons. The highest BCUT2D eigenvalue weighted by atomic mass is 16.5. The van der Waals surface area contributed by atoms with Gasteiger partial charge in [0.25, 0.3) is 0 Å². The van der Waals surface area contributed by atoms with Gasteiger partial charge in [-0.3, -0.25) is 0 Å². The van der Waals surface area contributed by atoms with E-state index >= 15 is 0 Å². The molecule has 0 unspecified atom stereocenters. The summed E-state index contributed by atoms with van der Waals surface area (Å²) in [5.74, 6) is -0.249. The van der Waals surface area contributed by atoms with E-state index in [0.29, 0.717) is 12.2 Å². The molecule has 0 saturated carbocycles. The summed E-state index contributed by atoms with van der Waals surface area (Å²) in [5.41, 5.74) is 2.80. The molecule has 0 amide bonds. The summed E-state index contributed by atoms with van der Waals surface area (Å²) in [7, 11) is 0. The summed E-state index contributed by atoms with van der Waals surface area (Å²) in [6, 6.07) is 18.2. The molecule has 0 bridgehead atoms. The highest BCUT2D eigenvalue weighted by Crippen LogP contribution is 2.19. The van der Waals surface area contributed by atoms with Crippen molar-refractivity contribution in [3.63, 3.8) is 0 Å². The van der Waals surface area contributed by atoms with Gasteiger partial charge in [0.1, 0.15) is 0 Å². The Kier molecular flexibility index (Phi) is 4.73. The maximum atomic E-state index is 11.7. The number of hydrogen-bond donors (Lipinski definition) is 0. The third-order valence-electron chi connectivity index (χ3n) is 2.90. The van der Waals surface area contributed by atoms with Gasteiger partial charge in [0.2, 0.25) is 0 Å². The Hall–Kier alpha value is -2.09. The predicted octanol–water partition coefficient (Wildman–Crippen LogP) is 4.11. The van der Waals surface area contributed by atoms with Crippen LogP contribution in [0.1, 0.15) is 30.1 Å². The lowest BCUT2D eigenvalue weighted by molar-refractivity contribution is 0.0500. The van der Waals surface area contributed by atoms with Crippen molar-refractivity contribution in [1.29, 1.82) is 0 Å². The van der Waals surface area contributed by atoms with Gasteiger partial charge in [0.15, 0.2) is 0 Å². The first-order valence-corrected chi connectivity index (χ1v) is 6.55. The number of carbonyl (C=O) groups excluding carboxylic acids is 1. The quantitative estimate of drug-likeness (QED) is 0.592. The fourth-order valence-corrected chi connectivity index (χ4v) is 1.77. The van der Waals surface area contributed by atoms with E-state index in [4.69, 9.17) is 4.74 Å². The molecule has 2 aromatic carbocycles. The Morgan fingerprint density at radius 3 is 2.32 bits per heavy atom. The zero-order valence-electron chi connectivity index (χ0n) is 11.1. The molecule has 0 aromatic heterocycles. The summed E-state index contributed by atoms with van der Waals surface area (Å²) < 4.78 is 5.17. The van der Waals surface area contributed by atoms with E-state index in [0.717, 1.165) is 24.0 Å². The van der Waals surface area contributed by atoms with Crippen molar-refractivity contribution in [2.24, 2.45) is 0 Å². The third-order valence-corrected chi connectivity index (χ3v) is 2.90. The van der Waals surface area contributed by atoms with E-state index in [9.17, 15) is 4.79 Å². The molecule has 0 aliphatic carbocycles. The normalized spacial score (nSPS) is 10.2. The molecule has 19 heavy (non-hydrogen) atoms. The van der Waals surface area contributed by atoms with Crippen molar-refractivity contribution >= 4 is 5.97 Å². The van der Waals surface area contributed by atoms with Crippen LogP contribution in [-0.2, 0) is 4.74 Å². The molecular weight excluding hydrogens is 236 g/mol. The largest absolute Gasteiger partial charge is 0.462 e. The van der Waals surface area contributed by atoms with Gasteiger partial charge in [0, 0.05) is 0 Å². The first-order chi connectivity index (χ1) is 9.31. The highest BCUT2D eigenvalue weighted by molar-refractivity contribution is 5.90. The zero-order chi connectivity index (χ0) is 13.5. The average Bonchev–Trinajstić information content (AvgIpc) is 2.48. The minimum Gasteiger partial charge on any atom is -0.462 e. The van der Waals surface area contributed by atoms with E-state index < -0.39 is 0 Å². The van der Waals surface area contributed by atoms with Crippen LogP contribution in [0.5, 0.6) is 0 Å². The van der Waals surface area contributed by atoms with Crippen LogP contribution in [0.2, 0.25) is 0 Å². The highest BCUT2D eigenvalue weighted by Gasteiger charge is 2.06. The minimum atomic E-state index is -0.249. The van der Waals surface area contributed by atoms with Crippen LogP contribution in [0.15, 0.2) is 48.5 Å². The maximum Gasteiger partial charge on any atom is 0.338 e. The molecule has 0 fully saturated rings. The van der Waals surface area contributed by atoms with Crippen LogP contribution >= 0.6 is 0 Å². The van der Waals surface area contributed by atoms with Crippen LogP contribution < -0.4 is 0 Å². The van der Waals surface area contributed by atoms with Crippen molar-refractivity contribution in [3.05, 3.63) is 60.2 Å². The second kappa shape index (κ2) is 6.74. The van der Waals surface area contributed by atoms with Crippen molar-refractivity contribution in [2.45, 2.75) is 19.8 Å². The molecule has 0 N–H and O–H groups in total. The lowest BCUT2D eigenvalue weighted by atomic mass is 10.0. The van der Waals surface area contributed by atoms with Crippen LogP contribution in [0.25, 0.3) is 11.1 Å². The van der Waals surface area contributed by atoms with Gasteiger partial charge in [-0.2, -0.15) is 0 Å². The standard InChI is InChI=1S/C17H17O2/c1-2-3-13-19-17(18)16-11-9-15(10-12-16)14-7-5-4-6-8-14/h5-12H,2-3,13H2,1H3. The molecule has 2 nitrogen and oxygen atoms in total. The topological polar surface area (TPSA) is 26.3 Å². The van der Waals surface area contributed by atoms with E-state index in [1.54, 1.807) is 12.1 Å². The SMILES string of the molecule is CCCCOC(=O)c1ccc(-c2cc[c]cc2)cc1. The smallest absolute Gasteiger partial charge is 0.338 e. The number of rotatable bonds is 5. The Morgan fingerprint density at radius 1 is 1.05 bits per heavy atom. The molecule has 2 aromatic rings. The summed E-state index contributed by atoms with van der Waals surface area (Å²) in [6.07, 6.45) is 1.93. The Balaban J connectivity index is 2.04. The second-order valence-electron chi connectivity index (χ2n) is 4.36. The summed E-state index contributed by atoms with van der Waals surface area (Å²) in [6.45, 7) is 2.56. The van der Waals surface area contributed by atoms with E-state index in [2.05, 4.69) is 13.0 Å². The zero-order valence-corrected chi connectivity index (χ0v) is 11.1. The monoisotopic (exact) mass is 253 g/mol. The van der Waals surface area contributed by atoms with Crippen molar-refractivity contribution in [2.75, 3.05) is 6.61 Å². The molecule has 0 heterocycles. The number of ether oxygens (including phenoxy) is 1. The summed E-state index contributed by atoms with van der Waals surface area (Å²) >= 11 is 0. The van der Waals surface area contributed by atoms with Crippen LogP contribution in [-0.4, -0.2) is 12.6 Å². The van der Waals surface area contributed by atoms with Crippen molar-refractivity contribution < 1.29 is 9.53 Å². The molecule has 0 atom stereocenters. The van der Waals surface area contributed by atoms with E-state index in [-0.39, 0.29) is 5.97 Å². The summed E-state index contributed by atoms with van der Waals surface area (Å²) in [4.78, 5) is 11.7. The van der Waals surface area contributed by atoms with Crippen molar-refractivity contribution in [3.8, 4) is 11.1 Å². The molecule has 0 spiro atoms. The van der Waals surface area contributed by atoms with Crippen LogP contribution in [0.3, 0.4) is 0 Å². The van der Waals surface area contributed by atoms with Crippen LogP contribution in [0, 0.1) is 6.07 Å². The average molecular weight is 253 g/mol. The second-order valence-corrected chi connectivity index (χ2v) is 4.36. The lowest BCUT2D eigenvalue weighted by Crippen LogP contribution is -2.05. The van der Waals surface area contributed by atoms with E-state index in [1.165, 1.54) is 0 Å². The molecule has 0 aliphatic rings. The Labute approximate surface area is 114 Å². The first-order valence-electron chi connectivity index (χ1n) is 6.55. The van der Waals surface area contributed by atoms with Gasteiger partial charge in [-0.05, 0) is 35.7 Å². The van der Waals surface area contributed by atoms with Gasteiger partial charge in [-0.25, -0.2) is 4.79 Å². The molecule has 1 radical (unpaired) electrons. The van der Waals surface area contributed by atoms with Crippen LogP contribution in [0.4, 0.5) is 0 Å². The van der Waals surface area contributed by atoms with E-state index in [1.807, 2.05) is 36.4 Å². The number of carbonyl (C=O) groups is 1. The molecule has 0 saturated heterocycles.